The molecular formula is C16H19ClN2O5. The van der Waals surface area contributed by atoms with Gasteiger partial charge in [-0.25, -0.2) is 4.79 Å². The first-order valence-corrected chi connectivity index (χ1v) is 8.16. The minimum Gasteiger partial charge on any atom is -0.452 e. The molecule has 1 fully saturated rings. The lowest BCUT2D eigenvalue weighted by Gasteiger charge is -2.29. The van der Waals surface area contributed by atoms with Crippen LogP contribution < -0.4 is 5.32 Å². The number of carbonyl (C=O) groups excluding carboxylic acids is 2. The Morgan fingerprint density at radius 3 is 2.71 bits per heavy atom. The average Bonchev–Trinajstić information content (AvgIpc) is 2.54. The zero-order valence-corrected chi connectivity index (χ0v) is 14.0. The minimum atomic E-state index is -0.790. The second-order valence-electron chi connectivity index (χ2n) is 5.93. The second-order valence-corrected chi connectivity index (χ2v) is 6.34. The molecule has 1 aliphatic rings. The lowest BCUT2D eigenvalue weighted by atomic mass is 9.86. The molecule has 1 saturated carbocycles. The maximum Gasteiger partial charge on any atom is 0.340 e. The van der Waals surface area contributed by atoms with E-state index in [1.54, 1.807) is 0 Å². The number of nitrogens with one attached hydrogen (secondary N) is 1. The maximum atomic E-state index is 12.0. The molecule has 24 heavy (non-hydrogen) atoms. The van der Waals surface area contributed by atoms with Crippen LogP contribution >= 0.6 is 11.6 Å². The van der Waals surface area contributed by atoms with Crippen molar-refractivity contribution in [1.82, 2.24) is 5.32 Å². The van der Waals surface area contributed by atoms with Crippen LogP contribution in [-0.2, 0) is 9.53 Å². The first-order chi connectivity index (χ1) is 11.4. The summed E-state index contributed by atoms with van der Waals surface area (Å²) in [4.78, 5) is 33.9. The van der Waals surface area contributed by atoms with E-state index in [0.29, 0.717) is 5.92 Å². The smallest absolute Gasteiger partial charge is 0.340 e. The molecule has 2 rings (SSSR count). The maximum absolute atomic E-state index is 12.0. The monoisotopic (exact) mass is 354 g/mol. The van der Waals surface area contributed by atoms with Crippen LogP contribution in [0.2, 0.25) is 5.02 Å². The summed E-state index contributed by atoms with van der Waals surface area (Å²) in [6.45, 7) is 1.68. The molecule has 1 aromatic rings. The molecule has 0 aromatic heterocycles. The number of hydrogen-bond donors (Lipinski definition) is 1. The van der Waals surface area contributed by atoms with Gasteiger partial charge in [0, 0.05) is 18.2 Å². The molecule has 0 radical (unpaired) electrons. The van der Waals surface area contributed by atoms with Gasteiger partial charge in [0.2, 0.25) is 0 Å². The number of rotatable bonds is 5. The zero-order chi connectivity index (χ0) is 17.7. The van der Waals surface area contributed by atoms with E-state index in [1.807, 2.05) is 0 Å². The van der Waals surface area contributed by atoms with E-state index in [2.05, 4.69) is 12.2 Å². The third-order valence-corrected chi connectivity index (χ3v) is 4.49. The van der Waals surface area contributed by atoms with E-state index >= 15 is 0 Å². The lowest BCUT2D eigenvalue weighted by molar-refractivity contribution is -0.384. The van der Waals surface area contributed by atoms with Crippen molar-refractivity contribution < 1.29 is 19.2 Å². The molecule has 1 N–H and O–H groups in total. The first-order valence-electron chi connectivity index (χ1n) is 7.79. The number of nitro groups is 1. The number of hydrogen-bond acceptors (Lipinski definition) is 5. The highest BCUT2D eigenvalue weighted by molar-refractivity contribution is 6.33. The van der Waals surface area contributed by atoms with Crippen molar-refractivity contribution in [2.75, 3.05) is 6.61 Å². The highest BCUT2D eigenvalue weighted by atomic mass is 35.5. The summed E-state index contributed by atoms with van der Waals surface area (Å²) in [5.74, 6) is -0.746. The van der Waals surface area contributed by atoms with Crippen LogP contribution in [0.15, 0.2) is 18.2 Å². The Labute approximate surface area is 144 Å². The van der Waals surface area contributed by atoms with Crippen LogP contribution in [-0.4, -0.2) is 29.4 Å². The van der Waals surface area contributed by atoms with Gasteiger partial charge in [0.05, 0.1) is 15.5 Å². The Bertz CT molecular complexity index is 649. The summed E-state index contributed by atoms with van der Waals surface area (Å²) in [6, 6.07) is 3.55. The summed E-state index contributed by atoms with van der Waals surface area (Å²) < 4.78 is 4.94. The third kappa shape index (κ3) is 4.67. The Morgan fingerprint density at radius 1 is 1.38 bits per heavy atom. The molecule has 130 valence electrons. The lowest BCUT2D eigenvalue weighted by Crippen LogP contribution is -2.42. The van der Waals surface area contributed by atoms with Crippen LogP contribution in [0.1, 0.15) is 43.0 Å². The Kier molecular flexibility index (Phi) is 6.14. The van der Waals surface area contributed by atoms with Crippen LogP contribution in [0.4, 0.5) is 5.69 Å². The van der Waals surface area contributed by atoms with Gasteiger partial charge in [-0.2, -0.15) is 0 Å². The Morgan fingerprint density at radius 2 is 2.08 bits per heavy atom. The average molecular weight is 355 g/mol. The van der Waals surface area contributed by atoms with Crippen molar-refractivity contribution in [2.45, 2.75) is 38.6 Å². The summed E-state index contributed by atoms with van der Waals surface area (Å²) in [5.41, 5.74) is -0.235. The van der Waals surface area contributed by atoms with E-state index in [9.17, 15) is 19.7 Å². The molecular weight excluding hydrogens is 336 g/mol. The number of benzene rings is 1. The standard InChI is InChI=1S/C16H19ClN2O5/c1-10-4-2-3-5-14(10)18-15(20)9-24-16(21)12-7-6-11(19(22)23)8-13(12)17/h6-8,10,14H,2-5,9H2,1H3,(H,18,20)/t10-,14+/m0/s1. The van der Waals surface area contributed by atoms with Gasteiger partial charge in [0.1, 0.15) is 0 Å². The fourth-order valence-electron chi connectivity index (χ4n) is 2.77. The van der Waals surface area contributed by atoms with Gasteiger partial charge >= 0.3 is 5.97 Å². The first kappa shape index (κ1) is 18.2. The highest BCUT2D eigenvalue weighted by Crippen LogP contribution is 2.24. The van der Waals surface area contributed by atoms with Crippen molar-refractivity contribution in [3.8, 4) is 0 Å². The summed E-state index contributed by atoms with van der Waals surface area (Å²) in [7, 11) is 0. The molecule has 1 amide bonds. The number of non-ortho nitro benzene ring substituents is 1. The zero-order valence-electron chi connectivity index (χ0n) is 13.3. The number of halogens is 1. The fourth-order valence-corrected chi connectivity index (χ4v) is 3.02. The van der Waals surface area contributed by atoms with E-state index < -0.39 is 17.5 Å². The molecule has 0 saturated heterocycles. The number of carbonyl (C=O) groups is 2. The SMILES string of the molecule is C[C@H]1CCCC[C@H]1NC(=O)COC(=O)c1ccc([N+](=O)[O-])cc1Cl. The van der Waals surface area contributed by atoms with Gasteiger partial charge in [-0.1, -0.05) is 31.4 Å². The van der Waals surface area contributed by atoms with Gasteiger partial charge in [-0.3, -0.25) is 14.9 Å². The van der Waals surface area contributed by atoms with Gasteiger partial charge in [-0.15, -0.1) is 0 Å². The largest absolute Gasteiger partial charge is 0.452 e. The quantitative estimate of drug-likeness (QED) is 0.497. The van der Waals surface area contributed by atoms with Crippen LogP contribution in [0.25, 0.3) is 0 Å². The van der Waals surface area contributed by atoms with Crippen molar-refractivity contribution in [1.29, 1.82) is 0 Å². The number of nitro benzene ring substituents is 1. The number of amides is 1. The molecule has 0 spiro atoms. The highest BCUT2D eigenvalue weighted by Gasteiger charge is 2.23. The number of nitrogens with zero attached hydrogens (tertiary/aromatic N) is 1. The van der Waals surface area contributed by atoms with E-state index in [0.717, 1.165) is 31.4 Å². The number of esters is 1. The Balaban J connectivity index is 1.88. The third-order valence-electron chi connectivity index (χ3n) is 4.18. The predicted molar refractivity (Wildman–Crippen MR) is 88.0 cm³/mol. The van der Waals surface area contributed by atoms with E-state index in [4.69, 9.17) is 16.3 Å². The van der Waals surface area contributed by atoms with Gasteiger partial charge in [0.15, 0.2) is 6.61 Å². The molecule has 1 aromatic carbocycles. The molecule has 7 nitrogen and oxygen atoms in total. The second kappa shape index (κ2) is 8.10. The van der Waals surface area contributed by atoms with Crippen molar-refractivity contribution >= 4 is 29.2 Å². The number of ether oxygens (including phenoxy) is 1. The minimum absolute atomic E-state index is 0.0129. The normalized spacial score (nSPS) is 20.2. The van der Waals surface area contributed by atoms with Gasteiger partial charge < -0.3 is 10.1 Å². The van der Waals surface area contributed by atoms with Crippen LogP contribution in [0, 0.1) is 16.0 Å². The predicted octanol–water partition coefficient (Wildman–Crippen LogP) is 3.10. The van der Waals surface area contributed by atoms with Crippen LogP contribution in [0.5, 0.6) is 0 Å². The molecule has 0 heterocycles. The molecule has 1 aliphatic carbocycles. The summed E-state index contributed by atoms with van der Waals surface area (Å²) in [5, 5.41) is 13.4. The van der Waals surface area contributed by atoms with Crippen molar-refractivity contribution in [2.24, 2.45) is 5.92 Å². The molecule has 0 unspecified atom stereocenters. The summed E-state index contributed by atoms with van der Waals surface area (Å²) in [6.07, 6.45) is 4.24. The van der Waals surface area contributed by atoms with E-state index in [-0.39, 0.29) is 28.2 Å². The summed E-state index contributed by atoms with van der Waals surface area (Å²) >= 11 is 5.85. The molecule has 8 heteroatoms. The van der Waals surface area contributed by atoms with Crippen LogP contribution in [0.3, 0.4) is 0 Å². The molecule has 2 atom stereocenters. The molecule has 0 aliphatic heterocycles. The fraction of sp³-hybridized carbons (Fsp3) is 0.500. The molecule has 0 bridgehead atoms. The van der Waals surface area contributed by atoms with E-state index in [1.165, 1.54) is 12.5 Å². The topological polar surface area (TPSA) is 98.5 Å². The van der Waals surface area contributed by atoms with Gasteiger partial charge in [0.25, 0.3) is 11.6 Å². The van der Waals surface area contributed by atoms with Gasteiger partial charge in [-0.05, 0) is 24.8 Å². The Hall–Kier alpha value is -2.15. The van der Waals surface area contributed by atoms with Crippen molar-refractivity contribution in [3.63, 3.8) is 0 Å². The van der Waals surface area contributed by atoms with Crippen molar-refractivity contribution in [3.05, 3.63) is 38.9 Å².